The van der Waals surface area contributed by atoms with Crippen molar-refractivity contribution in [3.05, 3.63) is 21.7 Å². The number of thiazole rings is 1. The third-order valence-electron chi connectivity index (χ3n) is 3.89. The molecular formula is C14H20N4O2S. The van der Waals surface area contributed by atoms with Gasteiger partial charge in [0.1, 0.15) is 6.20 Å². The lowest BCUT2D eigenvalue weighted by molar-refractivity contribution is -0.389. The van der Waals surface area contributed by atoms with Crippen LogP contribution in [0.15, 0.2) is 11.6 Å². The first-order valence-electron chi connectivity index (χ1n) is 7.23. The normalized spacial score (nSPS) is 19.6. The zero-order valence-electron chi connectivity index (χ0n) is 12.6. The minimum Gasteiger partial charge on any atom is -0.358 e. The van der Waals surface area contributed by atoms with E-state index in [1.807, 2.05) is 5.38 Å². The van der Waals surface area contributed by atoms with Crippen molar-refractivity contribution < 1.29 is 4.92 Å². The first-order chi connectivity index (χ1) is 9.87. The number of imidazole rings is 1. The van der Waals surface area contributed by atoms with Gasteiger partial charge in [0.05, 0.1) is 0 Å². The van der Waals surface area contributed by atoms with Gasteiger partial charge in [0.25, 0.3) is 4.96 Å². The van der Waals surface area contributed by atoms with E-state index in [1.165, 1.54) is 11.3 Å². The van der Waals surface area contributed by atoms with Gasteiger partial charge in [-0.3, -0.25) is 0 Å². The van der Waals surface area contributed by atoms with Crippen molar-refractivity contribution >= 4 is 27.9 Å². The van der Waals surface area contributed by atoms with Crippen molar-refractivity contribution in [2.45, 2.75) is 46.1 Å². The summed E-state index contributed by atoms with van der Waals surface area (Å²) in [6.45, 7) is 7.49. The lowest BCUT2D eigenvalue weighted by atomic mass is 9.87. The van der Waals surface area contributed by atoms with Crippen LogP contribution in [0.1, 0.15) is 40.0 Å². The number of anilines is 1. The zero-order chi connectivity index (χ0) is 15.2. The molecule has 2 aromatic heterocycles. The number of fused-ring (bicyclic) bond motifs is 1. The fraction of sp³-hybridized carbons (Fsp3) is 0.643. The van der Waals surface area contributed by atoms with Crippen LogP contribution in [0.3, 0.4) is 0 Å². The molecule has 2 aromatic rings. The smallest absolute Gasteiger partial charge is 0.358 e. The summed E-state index contributed by atoms with van der Waals surface area (Å²) in [4.78, 5) is 18.5. The molecule has 3 rings (SSSR count). The average molecular weight is 308 g/mol. The molecule has 0 saturated carbocycles. The second-order valence-corrected chi connectivity index (χ2v) is 7.70. The van der Waals surface area contributed by atoms with Gasteiger partial charge in [0.2, 0.25) is 5.82 Å². The summed E-state index contributed by atoms with van der Waals surface area (Å²) in [5.41, 5.74) is 0.207. The highest BCUT2D eigenvalue weighted by atomic mass is 32.1. The van der Waals surface area contributed by atoms with E-state index in [-0.39, 0.29) is 16.2 Å². The molecule has 1 saturated heterocycles. The van der Waals surface area contributed by atoms with Gasteiger partial charge >= 0.3 is 5.82 Å². The number of aromatic nitrogens is 2. The molecule has 1 aliphatic heterocycles. The predicted octanol–water partition coefficient (Wildman–Crippen LogP) is 3.71. The van der Waals surface area contributed by atoms with Gasteiger partial charge in [-0.05, 0) is 29.6 Å². The Balaban J connectivity index is 2.00. The molecule has 0 bridgehead atoms. The van der Waals surface area contributed by atoms with Crippen LogP contribution in [0, 0.1) is 15.5 Å². The van der Waals surface area contributed by atoms with Crippen LogP contribution in [0.2, 0.25) is 0 Å². The van der Waals surface area contributed by atoms with Crippen LogP contribution < -0.4 is 4.90 Å². The predicted molar refractivity (Wildman–Crippen MR) is 84.2 cm³/mol. The monoisotopic (exact) mass is 308 g/mol. The molecule has 0 amide bonds. The van der Waals surface area contributed by atoms with Gasteiger partial charge in [-0.1, -0.05) is 32.1 Å². The lowest BCUT2D eigenvalue weighted by Crippen LogP contribution is -2.33. The number of rotatable bonds is 3. The molecule has 6 nitrogen and oxygen atoms in total. The van der Waals surface area contributed by atoms with Crippen molar-refractivity contribution in [3.8, 4) is 0 Å². The quantitative estimate of drug-likeness (QED) is 0.640. The van der Waals surface area contributed by atoms with Gasteiger partial charge in [-0.15, -0.1) is 0 Å². The number of hydrogen-bond donors (Lipinski definition) is 0. The molecule has 0 spiro atoms. The first kappa shape index (κ1) is 14.3. The van der Waals surface area contributed by atoms with E-state index in [0.29, 0.717) is 16.8 Å². The second-order valence-electron chi connectivity index (χ2n) is 6.83. The van der Waals surface area contributed by atoms with Gasteiger partial charge < -0.3 is 15.0 Å². The van der Waals surface area contributed by atoms with E-state index in [9.17, 15) is 10.1 Å². The Labute approximate surface area is 127 Å². The van der Waals surface area contributed by atoms with E-state index >= 15 is 0 Å². The largest absolute Gasteiger partial charge is 0.373 e. The van der Waals surface area contributed by atoms with Crippen molar-refractivity contribution in [1.29, 1.82) is 0 Å². The lowest BCUT2D eigenvalue weighted by Gasteiger charge is -2.30. The molecule has 21 heavy (non-hydrogen) atoms. The maximum Gasteiger partial charge on any atom is 0.373 e. The Hall–Kier alpha value is -1.63. The molecule has 0 aromatic carbocycles. The Morgan fingerprint density at radius 2 is 2.29 bits per heavy atom. The molecule has 1 unspecified atom stereocenters. The Kier molecular flexibility index (Phi) is 3.39. The molecule has 3 heterocycles. The van der Waals surface area contributed by atoms with Crippen molar-refractivity contribution in [3.63, 3.8) is 0 Å². The third-order valence-corrected chi connectivity index (χ3v) is 4.65. The van der Waals surface area contributed by atoms with E-state index in [0.717, 1.165) is 25.8 Å². The topological polar surface area (TPSA) is 63.7 Å². The van der Waals surface area contributed by atoms with E-state index in [1.54, 1.807) is 10.6 Å². The Morgan fingerprint density at radius 1 is 1.52 bits per heavy atom. The molecule has 1 aliphatic rings. The summed E-state index contributed by atoms with van der Waals surface area (Å²) in [6.07, 6.45) is 4.90. The summed E-state index contributed by atoms with van der Waals surface area (Å²) in [6, 6.07) is 0.341. The summed E-state index contributed by atoms with van der Waals surface area (Å²) in [5.74, 6) is 0.644. The molecule has 7 heteroatoms. The highest BCUT2D eigenvalue weighted by molar-refractivity contribution is 7.15. The average Bonchev–Trinajstić information content (AvgIpc) is 2.98. The van der Waals surface area contributed by atoms with Gasteiger partial charge in [-0.25, -0.2) is 0 Å². The minimum atomic E-state index is -0.311. The summed E-state index contributed by atoms with van der Waals surface area (Å²) in [7, 11) is 0. The van der Waals surface area contributed by atoms with E-state index in [2.05, 4.69) is 30.7 Å². The molecular weight excluding hydrogens is 288 g/mol. The highest BCUT2D eigenvalue weighted by Crippen LogP contribution is 2.38. The van der Waals surface area contributed by atoms with Crippen LogP contribution in [0.25, 0.3) is 4.96 Å². The van der Waals surface area contributed by atoms with Crippen molar-refractivity contribution in [2.24, 2.45) is 5.41 Å². The zero-order valence-corrected chi connectivity index (χ0v) is 13.4. The fourth-order valence-corrected chi connectivity index (χ4v) is 3.86. The summed E-state index contributed by atoms with van der Waals surface area (Å²) < 4.78 is 1.59. The van der Waals surface area contributed by atoms with Crippen LogP contribution in [0.4, 0.5) is 11.6 Å². The number of hydrogen-bond acceptors (Lipinski definition) is 5. The SMILES string of the molecule is CC(C)(C)CC1CCCN1c1nc2sccn2c1[N+](=O)[O-]. The number of nitrogens with zero attached hydrogens (tertiary/aromatic N) is 4. The fourth-order valence-electron chi connectivity index (χ4n) is 3.16. The summed E-state index contributed by atoms with van der Waals surface area (Å²) >= 11 is 1.43. The van der Waals surface area contributed by atoms with Crippen molar-refractivity contribution in [2.75, 3.05) is 11.4 Å². The van der Waals surface area contributed by atoms with Gasteiger partial charge in [0, 0.05) is 18.0 Å². The first-order valence-corrected chi connectivity index (χ1v) is 8.11. The van der Waals surface area contributed by atoms with E-state index < -0.39 is 0 Å². The van der Waals surface area contributed by atoms with Gasteiger partial charge in [-0.2, -0.15) is 9.38 Å². The summed E-state index contributed by atoms with van der Waals surface area (Å²) in [5, 5.41) is 13.3. The van der Waals surface area contributed by atoms with Gasteiger partial charge in [0.15, 0.2) is 0 Å². The Bertz CT molecular complexity index is 670. The van der Waals surface area contributed by atoms with Crippen LogP contribution in [-0.2, 0) is 0 Å². The van der Waals surface area contributed by atoms with Crippen molar-refractivity contribution in [1.82, 2.24) is 9.38 Å². The van der Waals surface area contributed by atoms with Crippen LogP contribution >= 0.6 is 11.3 Å². The maximum atomic E-state index is 11.5. The highest BCUT2D eigenvalue weighted by Gasteiger charge is 2.36. The van der Waals surface area contributed by atoms with Crippen LogP contribution in [0.5, 0.6) is 0 Å². The standard InChI is InChI=1S/C14H20N4O2S/c1-14(2,3)9-10-5-4-6-16(10)11-12(18(19)20)17-7-8-21-13(17)15-11/h7-8,10H,4-6,9H2,1-3H3. The molecule has 0 aliphatic carbocycles. The number of nitro groups is 1. The maximum absolute atomic E-state index is 11.5. The molecule has 1 atom stereocenters. The minimum absolute atomic E-state index is 0.104. The van der Waals surface area contributed by atoms with Crippen LogP contribution in [-0.4, -0.2) is 26.9 Å². The molecule has 0 radical (unpaired) electrons. The molecule has 0 N–H and O–H groups in total. The molecule has 114 valence electrons. The van der Waals surface area contributed by atoms with E-state index in [4.69, 9.17) is 0 Å². The second kappa shape index (κ2) is 4.98. The Morgan fingerprint density at radius 3 is 2.95 bits per heavy atom. The molecule has 1 fully saturated rings. The third kappa shape index (κ3) is 2.62.